The van der Waals surface area contributed by atoms with E-state index in [4.69, 9.17) is 0 Å². The summed E-state index contributed by atoms with van der Waals surface area (Å²) in [6.07, 6.45) is -3.74. The van der Waals surface area contributed by atoms with Gasteiger partial charge in [-0.25, -0.2) is 0 Å². The Labute approximate surface area is 142 Å². The number of nitrogens with zero attached hydrogens (tertiary/aromatic N) is 1. The fraction of sp³-hybridized carbons (Fsp3) is 0.389. The van der Waals surface area contributed by atoms with Gasteiger partial charge < -0.3 is 14.6 Å². The summed E-state index contributed by atoms with van der Waals surface area (Å²) in [6, 6.07) is 9.11. The maximum Gasteiger partial charge on any atom is 0.573 e. The first-order valence-corrected chi connectivity index (χ1v) is 8.21. The van der Waals surface area contributed by atoms with E-state index in [1.54, 1.807) is 16.7 Å². The largest absolute Gasteiger partial charge is 0.573 e. The van der Waals surface area contributed by atoms with Crippen LogP contribution in [0.3, 0.4) is 0 Å². The van der Waals surface area contributed by atoms with Crippen molar-refractivity contribution in [3.05, 3.63) is 52.4 Å². The second kappa shape index (κ2) is 5.91. The first-order valence-electron chi connectivity index (χ1n) is 8.21. The molecule has 0 radical (unpaired) electrons. The van der Waals surface area contributed by atoms with Crippen LogP contribution in [0.2, 0.25) is 0 Å². The third kappa shape index (κ3) is 3.16. The Balaban J connectivity index is 1.81. The molecule has 2 aromatic rings. The van der Waals surface area contributed by atoms with E-state index < -0.39 is 6.36 Å². The average molecular weight is 350 g/mol. The van der Waals surface area contributed by atoms with E-state index in [1.165, 1.54) is 24.3 Å². The van der Waals surface area contributed by atoms with Crippen LogP contribution in [0.5, 0.6) is 5.75 Å². The van der Waals surface area contributed by atoms with Gasteiger partial charge in [-0.1, -0.05) is 12.1 Å². The van der Waals surface area contributed by atoms with Gasteiger partial charge in [0.05, 0.1) is 0 Å². The Morgan fingerprint density at radius 2 is 2.00 bits per heavy atom. The van der Waals surface area contributed by atoms with E-state index >= 15 is 0 Å². The molecule has 0 saturated carbocycles. The fourth-order valence-corrected chi connectivity index (χ4v) is 3.96. The fourth-order valence-electron chi connectivity index (χ4n) is 3.96. The molecule has 2 bridgehead atoms. The molecule has 0 aliphatic carbocycles. The number of benzene rings is 1. The zero-order valence-corrected chi connectivity index (χ0v) is 13.3. The lowest BCUT2D eigenvalue weighted by Crippen LogP contribution is -2.45. The highest BCUT2D eigenvalue weighted by molar-refractivity contribution is 5.68. The lowest BCUT2D eigenvalue weighted by atomic mass is 9.81. The summed E-state index contributed by atoms with van der Waals surface area (Å²) in [5.41, 5.74) is 2.26. The molecular weight excluding hydrogens is 333 g/mol. The van der Waals surface area contributed by atoms with Gasteiger partial charge in [-0.15, -0.1) is 13.2 Å². The van der Waals surface area contributed by atoms with Crippen molar-refractivity contribution in [2.75, 3.05) is 13.1 Å². The topological polar surface area (TPSA) is 43.3 Å². The van der Waals surface area contributed by atoms with Gasteiger partial charge in [-0.3, -0.25) is 4.79 Å². The van der Waals surface area contributed by atoms with Gasteiger partial charge in [0.1, 0.15) is 5.75 Å². The van der Waals surface area contributed by atoms with Crippen LogP contribution >= 0.6 is 0 Å². The third-order valence-electron chi connectivity index (χ3n) is 4.87. The maximum absolute atomic E-state index is 12.5. The minimum Gasteiger partial charge on any atom is -0.406 e. The molecule has 0 amide bonds. The van der Waals surface area contributed by atoms with Gasteiger partial charge in [0.25, 0.3) is 5.56 Å². The number of piperidine rings is 1. The van der Waals surface area contributed by atoms with Crippen LogP contribution in [0.1, 0.15) is 18.0 Å². The monoisotopic (exact) mass is 350 g/mol. The summed E-state index contributed by atoms with van der Waals surface area (Å²) in [4.78, 5) is 12.3. The molecule has 1 N–H and O–H groups in total. The molecule has 2 unspecified atom stereocenters. The summed E-state index contributed by atoms with van der Waals surface area (Å²) in [5, 5.41) is 3.38. The summed E-state index contributed by atoms with van der Waals surface area (Å²) >= 11 is 0. The van der Waals surface area contributed by atoms with E-state index in [9.17, 15) is 18.0 Å². The molecule has 0 spiro atoms. The SMILES string of the molecule is O=c1ccc(-c2cccc(OC(F)(F)F)c2)c2n1CC1CNCC2C1. The van der Waals surface area contributed by atoms with Crippen LogP contribution in [0, 0.1) is 5.92 Å². The number of alkyl halides is 3. The van der Waals surface area contributed by atoms with E-state index in [1.807, 2.05) is 0 Å². The van der Waals surface area contributed by atoms with Crippen molar-refractivity contribution in [3.8, 4) is 16.9 Å². The lowest BCUT2D eigenvalue weighted by Gasteiger charge is -2.38. The predicted molar refractivity (Wildman–Crippen MR) is 86.5 cm³/mol. The molecule has 1 fully saturated rings. The standard InChI is InChI=1S/C18H17F3N2O2/c19-18(20,21)25-14-3-1-2-12(7-14)15-4-5-16(24)23-10-11-6-13(17(15)23)9-22-8-11/h1-5,7,11,13,22H,6,8-10H2. The molecule has 4 nitrogen and oxygen atoms in total. The van der Waals surface area contributed by atoms with Crippen LogP contribution in [-0.4, -0.2) is 24.0 Å². The van der Waals surface area contributed by atoms with E-state index in [2.05, 4.69) is 10.1 Å². The van der Waals surface area contributed by atoms with Crippen molar-refractivity contribution >= 4 is 0 Å². The molecule has 4 rings (SSSR count). The average Bonchev–Trinajstić information content (AvgIpc) is 2.55. The number of pyridine rings is 1. The number of rotatable bonds is 2. The Hall–Kier alpha value is -2.28. The molecule has 2 atom stereocenters. The number of halogens is 3. The number of hydrogen-bond acceptors (Lipinski definition) is 3. The molecular formula is C18H17F3N2O2. The van der Waals surface area contributed by atoms with Gasteiger partial charge in [-0.2, -0.15) is 0 Å². The quantitative estimate of drug-likeness (QED) is 0.905. The highest BCUT2D eigenvalue weighted by Crippen LogP contribution is 2.38. The zero-order chi connectivity index (χ0) is 17.6. The van der Waals surface area contributed by atoms with Crippen molar-refractivity contribution < 1.29 is 17.9 Å². The zero-order valence-electron chi connectivity index (χ0n) is 13.3. The first kappa shape index (κ1) is 16.2. The molecule has 1 aromatic carbocycles. The molecule has 7 heteroatoms. The van der Waals surface area contributed by atoms with Gasteiger partial charge in [-0.05, 0) is 42.6 Å². The minimum atomic E-state index is -4.73. The van der Waals surface area contributed by atoms with Crippen LogP contribution in [0.4, 0.5) is 13.2 Å². The number of aromatic nitrogens is 1. The van der Waals surface area contributed by atoms with Crippen LogP contribution in [0.15, 0.2) is 41.2 Å². The Bertz CT molecular complexity index is 860. The molecule has 1 aromatic heterocycles. The van der Waals surface area contributed by atoms with Gasteiger partial charge >= 0.3 is 6.36 Å². The maximum atomic E-state index is 12.5. The Morgan fingerprint density at radius 3 is 2.80 bits per heavy atom. The second-order valence-corrected chi connectivity index (χ2v) is 6.61. The summed E-state index contributed by atoms with van der Waals surface area (Å²) < 4.78 is 43.3. The van der Waals surface area contributed by atoms with E-state index in [0.29, 0.717) is 18.0 Å². The summed E-state index contributed by atoms with van der Waals surface area (Å²) in [5.74, 6) is 0.341. The number of hydrogen-bond donors (Lipinski definition) is 1. The van der Waals surface area contributed by atoms with E-state index in [0.717, 1.165) is 30.8 Å². The molecule has 3 heterocycles. The third-order valence-corrected chi connectivity index (χ3v) is 4.87. The van der Waals surface area contributed by atoms with Crippen molar-refractivity contribution in [1.82, 2.24) is 9.88 Å². The molecule has 2 aliphatic rings. The van der Waals surface area contributed by atoms with Crippen molar-refractivity contribution in [1.29, 1.82) is 0 Å². The lowest BCUT2D eigenvalue weighted by molar-refractivity contribution is -0.274. The van der Waals surface area contributed by atoms with Crippen molar-refractivity contribution in [2.45, 2.75) is 25.2 Å². The molecule has 1 saturated heterocycles. The van der Waals surface area contributed by atoms with Gasteiger partial charge in [0, 0.05) is 36.3 Å². The predicted octanol–water partition coefficient (Wildman–Crippen LogP) is 3.12. The van der Waals surface area contributed by atoms with Crippen molar-refractivity contribution in [2.24, 2.45) is 5.92 Å². The number of nitrogens with one attached hydrogen (secondary N) is 1. The molecule has 132 valence electrons. The molecule has 2 aliphatic heterocycles. The smallest absolute Gasteiger partial charge is 0.406 e. The molecule has 25 heavy (non-hydrogen) atoms. The normalized spacial score (nSPS) is 22.4. The number of ether oxygens (including phenoxy) is 1. The van der Waals surface area contributed by atoms with Crippen LogP contribution in [-0.2, 0) is 6.54 Å². The highest BCUT2D eigenvalue weighted by Gasteiger charge is 2.33. The summed E-state index contributed by atoms with van der Waals surface area (Å²) in [6.45, 7) is 2.30. The van der Waals surface area contributed by atoms with Crippen LogP contribution in [0.25, 0.3) is 11.1 Å². The highest BCUT2D eigenvalue weighted by atomic mass is 19.4. The second-order valence-electron chi connectivity index (χ2n) is 6.61. The van der Waals surface area contributed by atoms with E-state index in [-0.39, 0.29) is 17.2 Å². The van der Waals surface area contributed by atoms with Crippen LogP contribution < -0.4 is 15.6 Å². The minimum absolute atomic E-state index is 0.0574. The van der Waals surface area contributed by atoms with Gasteiger partial charge in [0.15, 0.2) is 0 Å². The van der Waals surface area contributed by atoms with Crippen molar-refractivity contribution in [3.63, 3.8) is 0 Å². The number of fused-ring (bicyclic) bond motifs is 4. The van der Waals surface area contributed by atoms with Gasteiger partial charge in [0.2, 0.25) is 0 Å². The first-order chi connectivity index (χ1) is 11.9. The summed E-state index contributed by atoms with van der Waals surface area (Å²) in [7, 11) is 0. The Kier molecular flexibility index (Phi) is 3.83. The Morgan fingerprint density at radius 1 is 1.16 bits per heavy atom.